The van der Waals surface area contributed by atoms with Crippen LogP contribution in [0.1, 0.15) is 25.0 Å². The third-order valence-electron chi connectivity index (χ3n) is 3.40. The van der Waals surface area contributed by atoms with Crippen LogP contribution in [0.3, 0.4) is 0 Å². The smallest absolute Gasteiger partial charge is 0.191 e. The Morgan fingerprint density at radius 3 is 2.83 bits per heavy atom. The lowest BCUT2D eigenvalue weighted by Crippen LogP contribution is -2.44. The van der Waals surface area contributed by atoms with Gasteiger partial charge < -0.3 is 15.7 Å². The molecule has 0 bridgehead atoms. The van der Waals surface area contributed by atoms with E-state index in [1.165, 1.54) is 0 Å². The van der Waals surface area contributed by atoms with Crippen molar-refractivity contribution < 1.29 is 5.11 Å². The van der Waals surface area contributed by atoms with E-state index in [0.29, 0.717) is 19.0 Å². The van der Waals surface area contributed by atoms with Gasteiger partial charge in [0.05, 0.1) is 13.1 Å². The first-order chi connectivity index (χ1) is 11.0. The standard InChI is InChI=1S/C17H22BrN3OS/c1-3-19-16(20-10-13-5-4-6-15(18)9-13)21-12-17(2,22)14-7-8-23-11-14/h4-9,11,22H,3,10,12H2,1-2H3,(H2,19,20,21). The molecule has 23 heavy (non-hydrogen) atoms. The molecule has 124 valence electrons. The van der Waals surface area contributed by atoms with Crippen LogP contribution in [-0.2, 0) is 12.1 Å². The van der Waals surface area contributed by atoms with E-state index in [-0.39, 0.29) is 0 Å². The third kappa shape index (κ3) is 5.64. The number of thiophene rings is 1. The van der Waals surface area contributed by atoms with Crippen molar-refractivity contribution in [3.05, 3.63) is 56.7 Å². The van der Waals surface area contributed by atoms with Gasteiger partial charge in [0.2, 0.25) is 0 Å². The molecule has 1 aromatic heterocycles. The van der Waals surface area contributed by atoms with Crippen molar-refractivity contribution in [2.24, 2.45) is 4.99 Å². The summed E-state index contributed by atoms with van der Waals surface area (Å²) in [5.41, 5.74) is 1.12. The van der Waals surface area contributed by atoms with Crippen LogP contribution in [-0.4, -0.2) is 24.2 Å². The molecule has 3 N–H and O–H groups in total. The van der Waals surface area contributed by atoms with Crippen molar-refractivity contribution in [3.63, 3.8) is 0 Å². The number of hydrogen-bond donors (Lipinski definition) is 3. The molecule has 0 fully saturated rings. The fourth-order valence-corrected chi connectivity index (χ4v) is 3.31. The molecule has 0 radical (unpaired) electrons. The summed E-state index contributed by atoms with van der Waals surface area (Å²) in [5, 5.41) is 20.9. The van der Waals surface area contributed by atoms with E-state index in [1.54, 1.807) is 18.3 Å². The lowest BCUT2D eigenvalue weighted by Gasteiger charge is -2.24. The molecule has 0 spiro atoms. The van der Waals surface area contributed by atoms with Crippen LogP contribution in [0.15, 0.2) is 50.6 Å². The van der Waals surface area contributed by atoms with Gasteiger partial charge in [-0.25, -0.2) is 4.99 Å². The van der Waals surface area contributed by atoms with Gasteiger partial charge >= 0.3 is 0 Å². The minimum Gasteiger partial charge on any atom is -0.384 e. The van der Waals surface area contributed by atoms with Gasteiger partial charge in [0.15, 0.2) is 5.96 Å². The fraction of sp³-hybridized carbons (Fsp3) is 0.353. The summed E-state index contributed by atoms with van der Waals surface area (Å²) in [6.07, 6.45) is 0. The molecule has 0 amide bonds. The maximum absolute atomic E-state index is 10.6. The molecule has 2 aromatic rings. The zero-order chi connectivity index (χ0) is 16.7. The summed E-state index contributed by atoms with van der Waals surface area (Å²) in [7, 11) is 0. The van der Waals surface area contributed by atoms with E-state index < -0.39 is 5.60 Å². The molecule has 2 rings (SSSR count). The predicted molar refractivity (Wildman–Crippen MR) is 101 cm³/mol. The molecular weight excluding hydrogens is 374 g/mol. The maximum Gasteiger partial charge on any atom is 0.191 e. The first kappa shape index (κ1) is 18.0. The number of nitrogens with zero attached hydrogens (tertiary/aromatic N) is 1. The third-order valence-corrected chi connectivity index (χ3v) is 4.57. The van der Waals surface area contributed by atoms with Gasteiger partial charge in [-0.2, -0.15) is 11.3 Å². The molecule has 1 heterocycles. The Labute approximate surface area is 149 Å². The maximum atomic E-state index is 10.6. The van der Waals surface area contributed by atoms with Crippen LogP contribution in [0.2, 0.25) is 0 Å². The predicted octanol–water partition coefficient (Wildman–Crippen LogP) is 3.47. The van der Waals surface area contributed by atoms with Crippen molar-refractivity contribution in [2.45, 2.75) is 26.0 Å². The van der Waals surface area contributed by atoms with Crippen LogP contribution < -0.4 is 10.6 Å². The van der Waals surface area contributed by atoms with Crippen LogP contribution >= 0.6 is 27.3 Å². The highest BCUT2D eigenvalue weighted by Crippen LogP contribution is 2.22. The highest BCUT2D eigenvalue weighted by Gasteiger charge is 2.23. The zero-order valence-corrected chi connectivity index (χ0v) is 15.7. The zero-order valence-electron chi connectivity index (χ0n) is 13.3. The van der Waals surface area contributed by atoms with Gasteiger partial charge in [-0.05, 0) is 53.9 Å². The molecule has 0 aliphatic rings. The summed E-state index contributed by atoms with van der Waals surface area (Å²) >= 11 is 5.05. The number of nitrogens with one attached hydrogen (secondary N) is 2. The number of aliphatic hydroxyl groups is 1. The molecule has 4 nitrogen and oxygen atoms in total. The van der Waals surface area contributed by atoms with E-state index in [0.717, 1.165) is 22.1 Å². The quantitative estimate of drug-likeness (QED) is 0.518. The first-order valence-corrected chi connectivity index (χ1v) is 9.26. The Hall–Kier alpha value is -1.37. The van der Waals surface area contributed by atoms with Crippen molar-refractivity contribution >= 4 is 33.2 Å². The molecular formula is C17H22BrN3OS. The molecule has 0 saturated heterocycles. The van der Waals surface area contributed by atoms with Gasteiger partial charge in [-0.1, -0.05) is 28.1 Å². The summed E-state index contributed by atoms with van der Waals surface area (Å²) < 4.78 is 1.04. The summed E-state index contributed by atoms with van der Waals surface area (Å²) in [5.74, 6) is 0.697. The first-order valence-electron chi connectivity index (χ1n) is 7.53. The van der Waals surface area contributed by atoms with Crippen molar-refractivity contribution in [3.8, 4) is 0 Å². The highest BCUT2D eigenvalue weighted by molar-refractivity contribution is 9.10. The molecule has 1 atom stereocenters. The topological polar surface area (TPSA) is 56.7 Å². The Balaban J connectivity index is 1.99. The Kier molecular flexibility index (Phi) is 6.62. The van der Waals surface area contributed by atoms with Gasteiger partial charge in [0, 0.05) is 11.0 Å². The summed E-state index contributed by atoms with van der Waals surface area (Å²) in [6, 6.07) is 10.0. The van der Waals surface area contributed by atoms with Gasteiger partial charge in [0.1, 0.15) is 5.60 Å². The number of benzene rings is 1. The van der Waals surface area contributed by atoms with Gasteiger partial charge in [-0.3, -0.25) is 0 Å². The van der Waals surface area contributed by atoms with Crippen molar-refractivity contribution in [1.82, 2.24) is 10.6 Å². The normalized spacial score (nSPS) is 14.3. The molecule has 1 aromatic carbocycles. The van der Waals surface area contributed by atoms with Crippen LogP contribution in [0.4, 0.5) is 0 Å². The SMILES string of the molecule is CCNC(=NCc1cccc(Br)c1)NCC(C)(O)c1ccsc1. The van der Waals surface area contributed by atoms with E-state index in [1.807, 2.05) is 41.9 Å². The molecule has 0 aliphatic carbocycles. The minimum atomic E-state index is -0.925. The number of aliphatic imine (C=N–C) groups is 1. The molecule has 0 aliphatic heterocycles. The summed E-state index contributed by atoms with van der Waals surface area (Å²) in [6.45, 7) is 5.57. The van der Waals surface area contributed by atoms with Crippen LogP contribution in [0.25, 0.3) is 0 Å². The van der Waals surface area contributed by atoms with E-state index in [9.17, 15) is 5.11 Å². The van der Waals surface area contributed by atoms with E-state index >= 15 is 0 Å². The summed E-state index contributed by atoms with van der Waals surface area (Å²) in [4.78, 5) is 4.57. The van der Waals surface area contributed by atoms with Crippen LogP contribution in [0, 0.1) is 0 Å². The number of halogens is 1. The average molecular weight is 396 g/mol. The van der Waals surface area contributed by atoms with Crippen LogP contribution in [0.5, 0.6) is 0 Å². The second-order valence-electron chi connectivity index (χ2n) is 5.46. The largest absolute Gasteiger partial charge is 0.384 e. The molecule has 0 saturated carbocycles. The Morgan fingerprint density at radius 1 is 1.35 bits per heavy atom. The number of hydrogen-bond acceptors (Lipinski definition) is 3. The average Bonchev–Trinajstić information content (AvgIpc) is 3.05. The van der Waals surface area contributed by atoms with Gasteiger partial charge in [-0.15, -0.1) is 0 Å². The number of rotatable bonds is 6. The fourth-order valence-electron chi connectivity index (χ4n) is 2.08. The van der Waals surface area contributed by atoms with Gasteiger partial charge in [0.25, 0.3) is 0 Å². The monoisotopic (exact) mass is 395 g/mol. The molecule has 6 heteroatoms. The molecule has 1 unspecified atom stereocenters. The second-order valence-corrected chi connectivity index (χ2v) is 7.16. The van der Waals surface area contributed by atoms with E-state index in [2.05, 4.69) is 37.6 Å². The lowest BCUT2D eigenvalue weighted by atomic mass is 9.99. The second kappa shape index (κ2) is 8.47. The van der Waals surface area contributed by atoms with Crippen molar-refractivity contribution in [2.75, 3.05) is 13.1 Å². The Bertz CT molecular complexity index is 641. The van der Waals surface area contributed by atoms with Crippen molar-refractivity contribution in [1.29, 1.82) is 0 Å². The van der Waals surface area contributed by atoms with E-state index in [4.69, 9.17) is 0 Å². The highest BCUT2D eigenvalue weighted by atomic mass is 79.9. The number of guanidine groups is 1. The lowest BCUT2D eigenvalue weighted by molar-refractivity contribution is 0.0621. The Morgan fingerprint density at radius 2 is 2.17 bits per heavy atom. The minimum absolute atomic E-state index is 0.397.